The van der Waals surface area contributed by atoms with Crippen molar-refractivity contribution in [2.75, 3.05) is 0 Å². The maximum Gasteiger partial charge on any atom is 0.207 e. The lowest BCUT2D eigenvalue weighted by Gasteiger charge is -2.16. The third-order valence-electron chi connectivity index (χ3n) is 5.44. The van der Waals surface area contributed by atoms with Crippen LogP contribution < -0.4 is 10.9 Å². The van der Waals surface area contributed by atoms with Gasteiger partial charge in [-0.3, -0.25) is 10.9 Å². The van der Waals surface area contributed by atoms with Gasteiger partial charge in [-0.2, -0.15) is 10.2 Å². The molecule has 0 aliphatic carbocycles. The van der Waals surface area contributed by atoms with Gasteiger partial charge in [-0.15, -0.1) is 0 Å². The van der Waals surface area contributed by atoms with Gasteiger partial charge in [0.25, 0.3) is 0 Å². The van der Waals surface area contributed by atoms with Crippen LogP contribution in [0.4, 0.5) is 0 Å². The Balaban J connectivity index is 1.57. The van der Waals surface area contributed by atoms with Crippen LogP contribution in [0, 0.1) is 0 Å². The molecule has 0 saturated carbocycles. The molecule has 0 spiro atoms. The number of nitrogens with one attached hydrogen (secondary N) is 2. The van der Waals surface area contributed by atoms with Gasteiger partial charge in [-0.1, -0.05) is 121 Å². The second-order valence-electron chi connectivity index (χ2n) is 7.91. The molecule has 4 rings (SSSR count). The third-order valence-corrected chi connectivity index (χ3v) is 5.63. The monoisotopic (exact) mass is 494 g/mol. The second-order valence-corrected chi connectivity index (χ2v) is 8.31. The van der Waals surface area contributed by atoms with E-state index >= 15 is 0 Å². The zero-order valence-electron chi connectivity index (χ0n) is 19.4. The SMILES string of the molecule is OC(C(=NNC(=S)NN=C(c1ccccc1)C(O)c1ccccc1)c1ccccc1)c1ccccc1. The van der Waals surface area contributed by atoms with Gasteiger partial charge in [-0.25, -0.2) is 0 Å². The van der Waals surface area contributed by atoms with E-state index in [1.807, 2.05) is 121 Å². The Kier molecular flexibility index (Phi) is 8.67. The molecule has 4 aromatic carbocycles. The molecule has 6 nitrogen and oxygen atoms in total. The van der Waals surface area contributed by atoms with Crippen LogP contribution in [0.15, 0.2) is 132 Å². The molecule has 0 aromatic heterocycles. The van der Waals surface area contributed by atoms with E-state index < -0.39 is 12.2 Å². The van der Waals surface area contributed by atoms with Crippen LogP contribution in [0.3, 0.4) is 0 Å². The molecule has 0 fully saturated rings. The molecule has 0 heterocycles. The fraction of sp³-hybridized carbons (Fsp3) is 0.0690. The smallest absolute Gasteiger partial charge is 0.207 e. The maximum atomic E-state index is 11.0. The third kappa shape index (κ3) is 6.49. The first-order valence-corrected chi connectivity index (χ1v) is 11.8. The number of thiocarbonyl (C=S) groups is 1. The van der Waals surface area contributed by atoms with Gasteiger partial charge in [-0.05, 0) is 23.3 Å². The van der Waals surface area contributed by atoms with E-state index in [1.165, 1.54) is 0 Å². The van der Waals surface area contributed by atoms with Crippen LogP contribution in [0.5, 0.6) is 0 Å². The summed E-state index contributed by atoms with van der Waals surface area (Å²) in [5, 5.41) is 31.0. The highest BCUT2D eigenvalue weighted by Gasteiger charge is 2.19. The molecule has 0 aliphatic heterocycles. The van der Waals surface area contributed by atoms with Crippen LogP contribution in [0.25, 0.3) is 0 Å². The molecule has 4 N–H and O–H groups in total. The predicted molar refractivity (Wildman–Crippen MR) is 148 cm³/mol. The largest absolute Gasteiger partial charge is 0.382 e. The predicted octanol–water partition coefficient (Wildman–Crippen LogP) is 4.73. The lowest BCUT2D eigenvalue weighted by Crippen LogP contribution is -2.32. The Hall–Kier alpha value is -4.17. The average molecular weight is 495 g/mol. The summed E-state index contributed by atoms with van der Waals surface area (Å²) in [5.74, 6) is 0. The standard InChI is InChI=1S/C29H26N4O2S/c34-27(23-17-9-3-10-18-23)25(21-13-5-1-6-14-21)30-32-29(36)33-31-26(22-15-7-2-8-16-22)28(35)24-19-11-4-12-20-24/h1-20,27-28,34-35H,(H2,32,33,36). The van der Waals surface area contributed by atoms with E-state index in [0.717, 1.165) is 11.1 Å². The van der Waals surface area contributed by atoms with E-state index in [4.69, 9.17) is 12.2 Å². The summed E-state index contributed by atoms with van der Waals surface area (Å²) >= 11 is 5.40. The Morgan fingerprint density at radius 2 is 0.833 bits per heavy atom. The van der Waals surface area contributed by atoms with Gasteiger partial charge in [0.2, 0.25) is 5.11 Å². The van der Waals surface area contributed by atoms with E-state index in [1.54, 1.807) is 0 Å². The van der Waals surface area contributed by atoms with E-state index in [0.29, 0.717) is 22.6 Å². The molecule has 2 atom stereocenters. The molecule has 180 valence electrons. The second kappa shape index (κ2) is 12.5. The number of hydrogen-bond donors (Lipinski definition) is 4. The molecule has 4 aromatic rings. The van der Waals surface area contributed by atoms with Crippen molar-refractivity contribution >= 4 is 28.8 Å². The molecular weight excluding hydrogens is 468 g/mol. The van der Waals surface area contributed by atoms with Gasteiger partial charge in [0.15, 0.2) is 0 Å². The van der Waals surface area contributed by atoms with Crippen molar-refractivity contribution in [2.45, 2.75) is 12.2 Å². The summed E-state index contributed by atoms with van der Waals surface area (Å²) in [6.45, 7) is 0. The van der Waals surface area contributed by atoms with Crippen LogP contribution in [-0.2, 0) is 0 Å². The lowest BCUT2D eigenvalue weighted by molar-refractivity contribution is 0.247. The van der Waals surface area contributed by atoms with Gasteiger partial charge in [0, 0.05) is 11.1 Å². The summed E-state index contributed by atoms with van der Waals surface area (Å²) in [4.78, 5) is 0. The Bertz CT molecular complexity index is 1210. The minimum Gasteiger partial charge on any atom is -0.382 e. The Morgan fingerprint density at radius 3 is 1.17 bits per heavy atom. The van der Waals surface area contributed by atoms with Crippen molar-refractivity contribution < 1.29 is 10.2 Å². The lowest BCUT2D eigenvalue weighted by atomic mass is 9.99. The number of aliphatic hydroxyl groups is 2. The van der Waals surface area contributed by atoms with E-state index in [-0.39, 0.29) is 5.11 Å². The highest BCUT2D eigenvalue weighted by molar-refractivity contribution is 7.80. The van der Waals surface area contributed by atoms with Crippen molar-refractivity contribution in [3.63, 3.8) is 0 Å². The number of hydrazone groups is 2. The molecular formula is C29H26N4O2S. The maximum absolute atomic E-state index is 11.0. The van der Waals surface area contributed by atoms with Crippen molar-refractivity contribution in [1.29, 1.82) is 0 Å². The van der Waals surface area contributed by atoms with Crippen LogP contribution in [-0.4, -0.2) is 26.7 Å². The summed E-state index contributed by atoms with van der Waals surface area (Å²) in [5.41, 5.74) is 9.27. The number of benzene rings is 4. The van der Waals surface area contributed by atoms with Crippen LogP contribution in [0.1, 0.15) is 34.5 Å². The molecule has 36 heavy (non-hydrogen) atoms. The minimum absolute atomic E-state index is 0.109. The van der Waals surface area contributed by atoms with Crippen molar-refractivity contribution in [1.82, 2.24) is 10.9 Å². The number of rotatable bonds is 8. The van der Waals surface area contributed by atoms with E-state index in [2.05, 4.69) is 21.1 Å². The van der Waals surface area contributed by atoms with Crippen LogP contribution >= 0.6 is 12.2 Å². The zero-order chi connectivity index (χ0) is 25.2. The quantitative estimate of drug-likeness (QED) is 0.162. The molecule has 2 unspecified atom stereocenters. The zero-order valence-corrected chi connectivity index (χ0v) is 20.2. The Morgan fingerprint density at radius 1 is 0.528 bits per heavy atom. The number of nitrogens with zero attached hydrogens (tertiary/aromatic N) is 2. The average Bonchev–Trinajstić information content (AvgIpc) is 2.95. The first kappa shape index (κ1) is 24.9. The minimum atomic E-state index is -0.966. The molecule has 7 heteroatoms. The molecule has 0 saturated heterocycles. The van der Waals surface area contributed by atoms with Crippen molar-refractivity contribution in [2.24, 2.45) is 10.2 Å². The highest BCUT2D eigenvalue weighted by Crippen LogP contribution is 2.20. The number of aliphatic hydroxyl groups excluding tert-OH is 2. The highest BCUT2D eigenvalue weighted by atomic mass is 32.1. The molecule has 0 amide bonds. The van der Waals surface area contributed by atoms with Gasteiger partial charge >= 0.3 is 0 Å². The topological polar surface area (TPSA) is 89.2 Å². The Labute approximate surface area is 215 Å². The summed E-state index contributed by atoms with van der Waals surface area (Å²) in [6, 6.07) is 37.3. The fourth-order valence-electron chi connectivity index (χ4n) is 3.62. The van der Waals surface area contributed by atoms with Gasteiger partial charge < -0.3 is 10.2 Å². The van der Waals surface area contributed by atoms with Crippen LogP contribution in [0.2, 0.25) is 0 Å². The van der Waals surface area contributed by atoms with Gasteiger partial charge in [0.05, 0.1) is 0 Å². The first-order chi connectivity index (χ1) is 17.6. The fourth-order valence-corrected chi connectivity index (χ4v) is 3.71. The van der Waals surface area contributed by atoms with Crippen molar-refractivity contribution in [3.05, 3.63) is 144 Å². The molecule has 0 radical (unpaired) electrons. The van der Waals surface area contributed by atoms with Crippen molar-refractivity contribution in [3.8, 4) is 0 Å². The first-order valence-electron chi connectivity index (χ1n) is 11.4. The number of hydrogen-bond acceptors (Lipinski definition) is 5. The molecule has 0 aliphatic rings. The summed E-state index contributed by atoms with van der Waals surface area (Å²) < 4.78 is 0. The van der Waals surface area contributed by atoms with E-state index in [9.17, 15) is 10.2 Å². The summed E-state index contributed by atoms with van der Waals surface area (Å²) in [6.07, 6.45) is -1.93. The molecule has 0 bridgehead atoms. The van der Waals surface area contributed by atoms with Gasteiger partial charge in [0.1, 0.15) is 23.6 Å². The summed E-state index contributed by atoms with van der Waals surface area (Å²) in [7, 11) is 0. The normalized spacial score (nSPS) is 13.5.